The first-order valence-electron chi connectivity index (χ1n) is 19.2. The van der Waals surface area contributed by atoms with Crippen LogP contribution in [0.15, 0.2) is 78.9 Å². The Kier molecular flexibility index (Phi) is 19.4. The molecule has 3 aromatic carbocycles. The minimum atomic E-state index is -1.08. The Morgan fingerprint density at radius 3 is 1.70 bits per heavy atom. The molecule has 3 rings (SSSR count). The van der Waals surface area contributed by atoms with Crippen LogP contribution in [0.5, 0.6) is 11.5 Å². The molecule has 304 valence electrons. The van der Waals surface area contributed by atoms with Crippen molar-refractivity contribution in [1.29, 1.82) is 0 Å². The molecule has 1 unspecified atom stereocenters. The van der Waals surface area contributed by atoms with E-state index in [0.717, 1.165) is 16.7 Å². The lowest BCUT2D eigenvalue weighted by Gasteiger charge is -2.37. The maximum Gasteiger partial charge on any atom is 0.407 e. The topological polar surface area (TPSA) is 168 Å². The van der Waals surface area contributed by atoms with Gasteiger partial charge in [0.1, 0.15) is 29.0 Å². The Labute approximate surface area is 330 Å². The summed E-state index contributed by atoms with van der Waals surface area (Å²) in [6, 6.07) is 25.3. The van der Waals surface area contributed by atoms with Crippen LogP contribution in [0.4, 0.5) is 4.79 Å². The molecule has 0 bridgehead atoms. The zero-order valence-corrected chi connectivity index (χ0v) is 33.2. The molecule has 0 aliphatic rings. The lowest BCUT2D eigenvalue weighted by molar-refractivity contribution is -0.147. The van der Waals surface area contributed by atoms with E-state index in [1.54, 1.807) is 28.1 Å². The average molecular weight is 776 g/mol. The summed E-state index contributed by atoms with van der Waals surface area (Å²) in [5, 5.41) is 8.14. The molecule has 0 aliphatic heterocycles. The molecule has 0 saturated heterocycles. The summed E-state index contributed by atoms with van der Waals surface area (Å²) in [6.45, 7) is 5.55. The zero-order valence-electron chi connectivity index (χ0n) is 33.2. The number of nitrogens with one attached hydrogen (secondary N) is 3. The molecule has 56 heavy (non-hydrogen) atoms. The first-order valence-corrected chi connectivity index (χ1v) is 19.2. The highest BCUT2D eigenvalue weighted by atomic mass is 16.6. The number of hydrogen-bond acceptors (Lipinski definition) is 10. The minimum absolute atomic E-state index is 0.00810. The first kappa shape index (κ1) is 45.0. The van der Waals surface area contributed by atoms with Gasteiger partial charge in [0.2, 0.25) is 11.8 Å². The molecule has 0 spiro atoms. The Morgan fingerprint density at radius 2 is 1.20 bits per heavy atom. The normalized spacial score (nSPS) is 11.6. The molecule has 13 heteroatoms. The lowest BCUT2D eigenvalue weighted by Crippen LogP contribution is -2.44. The number of esters is 1. The van der Waals surface area contributed by atoms with E-state index in [4.69, 9.17) is 23.7 Å². The number of unbranched alkanes of at least 4 members (excludes halogenated alkanes) is 1. The van der Waals surface area contributed by atoms with E-state index in [1.807, 2.05) is 78.9 Å². The smallest absolute Gasteiger partial charge is 0.407 e. The summed E-state index contributed by atoms with van der Waals surface area (Å²) >= 11 is 0. The van der Waals surface area contributed by atoms with Crippen LogP contribution in [-0.2, 0) is 39.0 Å². The van der Waals surface area contributed by atoms with Crippen molar-refractivity contribution in [3.05, 3.63) is 95.6 Å². The minimum Gasteiger partial charge on any atom is -0.497 e. The summed E-state index contributed by atoms with van der Waals surface area (Å²) < 4.78 is 29.2. The molecule has 0 aliphatic carbocycles. The third-order valence-electron chi connectivity index (χ3n) is 9.15. The van der Waals surface area contributed by atoms with Crippen LogP contribution < -0.4 is 25.4 Å². The number of carbonyl (C=O) groups excluding carboxylic acids is 5. The number of ether oxygens (including phenoxy) is 5. The fraction of sp³-hybridized carbons (Fsp3) is 0.465. The fourth-order valence-electron chi connectivity index (χ4n) is 5.90. The van der Waals surface area contributed by atoms with Gasteiger partial charge in [-0.15, -0.1) is 0 Å². The maximum absolute atomic E-state index is 12.7. The number of carbonyl (C=O) groups is 5. The largest absolute Gasteiger partial charge is 0.497 e. The second kappa shape index (κ2) is 24.2. The van der Waals surface area contributed by atoms with Crippen molar-refractivity contribution >= 4 is 29.7 Å². The van der Waals surface area contributed by atoms with Crippen molar-refractivity contribution < 1.29 is 47.7 Å². The number of Topliss-reactive ketones (excluding diaryl/α,β-unsaturated/α-hetero) is 1. The standard InChI is InChI=1S/C43H57N3O10/c1-6-39(48)45-27-38(28-46-40(49)7-2)56-42(51)44-26-12-11-13-32(29-54-41(50)25-16-31(3)47)30-55-43(33-14-9-8-10-15-33,34-17-21-36(52-4)22-18-34)35-19-23-37(53-5)24-20-35/h8-10,14-15,17-24,32,38H,6-7,11-13,16,25-30H2,1-5H3,(H,44,51)(H,45,48)(H,46,49). The van der Waals surface area contributed by atoms with E-state index in [-0.39, 0.29) is 75.5 Å². The van der Waals surface area contributed by atoms with E-state index in [0.29, 0.717) is 37.3 Å². The molecule has 3 aromatic rings. The van der Waals surface area contributed by atoms with E-state index in [2.05, 4.69) is 16.0 Å². The molecular weight excluding hydrogens is 718 g/mol. The van der Waals surface area contributed by atoms with Crippen molar-refractivity contribution in [3.8, 4) is 11.5 Å². The predicted octanol–water partition coefficient (Wildman–Crippen LogP) is 5.86. The molecular formula is C43H57N3O10. The predicted molar refractivity (Wildman–Crippen MR) is 211 cm³/mol. The molecule has 0 fully saturated rings. The van der Waals surface area contributed by atoms with Gasteiger partial charge in [0.15, 0.2) is 0 Å². The second-order valence-corrected chi connectivity index (χ2v) is 13.3. The number of ketones is 1. The molecule has 0 heterocycles. The van der Waals surface area contributed by atoms with Gasteiger partial charge in [-0.2, -0.15) is 0 Å². The van der Waals surface area contributed by atoms with Crippen LogP contribution in [-0.4, -0.2) is 82.8 Å². The van der Waals surface area contributed by atoms with E-state index in [9.17, 15) is 24.0 Å². The summed E-state index contributed by atoms with van der Waals surface area (Å²) in [5.41, 5.74) is 1.52. The summed E-state index contributed by atoms with van der Waals surface area (Å²) in [7, 11) is 3.23. The number of methoxy groups -OCH3 is 2. The van der Waals surface area contributed by atoms with Gasteiger partial charge in [0, 0.05) is 31.7 Å². The molecule has 13 nitrogen and oxygen atoms in total. The van der Waals surface area contributed by atoms with Gasteiger partial charge in [0.25, 0.3) is 0 Å². The number of benzene rings is 3. The Balaban J connectivity index is 1.79. The fourth-order valence-corrected chi connectivity index (χ4v) is 5.90. The monoisotopic (exact) mass is 775 g/mol. The van der Waals surface area contributed by atoms with Gasteiger partial charge in [-0.05, 0) is 60.7 Å². The Hall–Kier alpha value is -5.43. The number of rotatable bonds is 25. The summed E-state index contributed by atoms with van der Waals surface area (Å²) in [5.74, 6) is 0.185. The zero-order chi connectivity index (χ0) is 40.8. The van der Waals surface area contributed by atoms with Gasteiger partial charge < -0.3 is 44.4 Å². The maximum atomic E-state index is 12.7. The number of alkyl carbamates (subject to hydrolysis) is 1. The molecule has 0 aromatic heterocycles. The molecule has 0 radical (unpaired) electrons. The van der Waals surface area contributed by atoms with Gasteiger partial charge in [0.05, 0.1) is 46.9 Å². The SMILES string of the molecule is CCC(=O)NCC(CNC(=O)CC)OC(=O)NCCCCC(COC(=O)CCC(C)=O)COC(c1ccccc1)(c1ccc(OC)cc1)c1ccc(OC)cc1. The summed E-state index contributed by atoms with van der Waals surface area (Å²) in [6.07, 6.45) is 1.04. The highest BCUT2D eigenvalue weighted by Gasteiger charge is 2.38. The van der Waals surface area contributed by atoms with Crippen LogP contribution in [0.3, 0.4) is 0 Å². The van der Waals surface area contributed by atoms with E-state index in [1.165, 1.54) is 6.92 Å². The molecule has 3 N–H and O–H groups in total. The third-order valence-corrected chi connectivity index (χ3v) is 9.15. The highest BCUT2D eigenvalue weighted by Crippen LogP contribution is 2.42. The van der Waals surface area contributed by atoms with Gasteiger partial charge in [-0.1, -0.05) is 74.9 Å². The van der Waals surface area contributed by atoms with E-state index < -0.39 is 23.8 Å². The summed E-state index contributed by atoms with van der Waals surface area (Å²) in [4.78, 5) is 60.4. The quantitative estimate of drug-likeness (QED) is 0.0539. The number of amides is 3. The van der Waals surface area contributed by atoms with Crippen LogP contribution in [0.2, 0.25) is 0 Å². The number of hydrogen-bond donors (Lipinski definition) is 3. The Bertz CT molecular complexity index is 1600. The van der Waals surface area contributed by atoms with Gasteiger partial charge >= 0.3 is 12.1 Å². The first-order chi connectivity index (χ1) is 27.0. The van der Waals surface area contributed by atoms with Crippen LogP contribution in [0.1, 0.15) is 82.4 Å². The van der Waals surface area contributed by atoms with Crippen molar-refractivity contribution in [2.24, 2.45) is 5.92 Å². The van der Waals surface area contributed by atoms with Gasteiger partial charge in [-0.25, -0.2) is 4.79 Å². The van der Waals surface area contributed by atoms with Crippen molar-refractivity contribution in [2.45, 2.75) is 77.4 Å². The second-order valence-electron chi connectivity index (χ2n) is 13.3. The van der Waals surface area contributed by atoms with Crippen molar-refractivity contribution in [2.75, 3.05) is 47.1 Å². The van der Waals surface area contributed by atoms with Gasteiger partial charge in [-0.3, -0.25) is 14.4 Å². The van der Waals surface area contributed by atoms with Crippen molar-refractivity contribution in [1.82, 2.24) is 16.0 Å². The lowest BCUT2D eigenvalue weighted by atomic mass is 9.79. The van der Waals surface area contributed by atoms with Crippen LogP contribution in [0, 0.1) is 5.92 Å². The molecule has 3 amide bonds. The van der Waals surface area contributed by atoms with Crippen LogP contribution in [0.25, 0.3) is 0 Å². The molecule has 0 saturated carbocycles. The van der Waals surface area contributed by atoms with Crippen LogP contribution >= 0.6 is 0 Å². The van der Waals surface area contributed by atoms with Crippen molar-refractivity contribution in [3.63, 3.8) is 0 Å². The average Bonchev–Trinajstić information content (AvgIpc) is 3.23. The highest BCUT2D eigenvalue weighted by molar-refractivity contribution is 5.81. The third kappa shape index (κ3) is 14.7. The Morgan fingerprint density at radius 1 is 0.661 bits per heavy atom. The molecule has 1 atom stereocenters. The van der Waals surface area contributed by atoms with E-state index >= 15 is 0 Å².